The van der Waals surface area contributed by atoms with Crippen molar-refractivity contribution in [3.63, 3.8) is 0 Å². The van der Waals surface area contributed by atoms with E-state index in [1.807, 2.05) is 6.08 Å². The second-order valence-electron chi connectivity index (χ2n) is 1.28. The first-order valence-corrected chi connectivity index (χ1v) is 4.34. The van der Waals surface area contributed by atoms with Crippen molar-refractivity contribution in [3.05, 3.63) is 15.9 Å². The van der Waals surface area contributed by atoms with Crippen molar-refractivity contribution >= 4 is 54.9 Å². The van der Waals surface area contributed by atoms with Crippen molar-refractivity contribution in [2.24, 2.45) is 9.98 Å². The first-order chi connectivity index (χ1) is 4.29. The van der Waals surface area contributed by atoms with E-state index in [-0.39, 0.29) is 0 Å². The molecule has 0 N–H and O–H groups in total. The third-order valence-electron chi connectivity index (χ3n) is 0.651. The van der Waals surface area contributed by atoms with Gasteiger partial charge in [0, 0.05) is 28.7 Å². The van der Waals surface area contributed by atoms with Gasteiger partial charge in [-0.25, -0.2) is 4.99 Å². The Morgan fingerprint density at radius 3 is 3.00 bits per heavy atom. The number of allylic oxidation sites excluding steroid dienone is 2. The van der Waals surface area contributed by atoms with Crippen LogP contribution in [-0.2, 0) is 0 Å². The zero-order valence-corrected chi connectivity index (χ0v) is 8.62. The predicted molar refractivity (Wildman–Crippen MR) is 55.6 cm³/mol. The van der Waals surface area contributed by atoms with Gasteiger partial charge in [0.25, 0.3) is 0 Å². The number of hydrogen-bond donors (Lipinski definition) is 0. The van der Waals surface area contributed by atoms with Crippen LogP contribution < -0.4 is 0 Å². The van der Waals surface area contributed by atoms with Gasteiger partial charge in [-0.2, -0.15) is 4.99 Å². The summed E-state index contributed by atoms with van der Waals surface area (Å²) in [6, 6.07) is 0. The maximum atomic E-state index is 4.07. The van der Waals surface area contributed by atoms with Crippen molar-refractivity contribution in [1.29, 1.82) is 0 Å². The van der Waals surface area contributed by atoms with Gasteiger partial charge in [-0.3, -0.25) is 0 Å². The molecule has 2 nitrogen and oxygen atoms in total. The van der Waals surface area contributed by atoms with Gasteiger partial charge in [-0.15, -0.1) is 0 Å². The molecule has 0 aliphatic carbocycles. The quantitative estimate of drug-likeness (QED) is 0.476. The largest absolute Gasteiger partial charge is 0.216 e. The molecule has 0 aromatic heterocycles. The standard InChI is InChI=1S/C5H2I2N2/c6-4-2-1-3-8-5(7)9-4/h1-2H. The molecule has 0 bridgehead atoms. The first kappa shape index (κ1) is 7.43. The van der Waals surface area contributed by atoms with Gasteiger partial charge in [0.2, 0.25) is 0 Å². The molecule has 46 valence electrons. The van der Waals surface area contributed by atoms with Gasteiger partial charge in [-0.1, -0.05) is 0 Å². The van der Waals surface area contributed by atoms with Crippen LogP contribution in [0.25, 0.3) is 0 Å². The summed E-state index contributed by atoms with van der Waals surface area (Å²) in [5.41, 5.74) is 0. The van der Waals surface area contributed by atoms with Crippen LogP contribution in [0.15, 0.2) is 25.8 Å². The van der Waals surface area contributed by atoms with E-state index in [2.05, 4.69) is 61.0 Å². The van der Waals surface area contributed by atoms with E-state index in [9.17, 15) is 0 Å². The van der Waals surface area contributed by atoms with Crippen LogP contribution in [-0.4, -0.2) is 9.71 Å². The maximum absolute atomic E-state index is 4.07. The van der Waals surface area contributed by atoms with Crippen LogP contribution in [0.4, 0.5) is 0 Å². The van der Waals surface area contributed by atoms with Crippen LogP contribution >= 0.6 is 45.2 Å². The summed E-state index contributed by atoms with van der Waals surface area (Å²) in [6.07, 6.45) is 3.60. The highest BCUT2D eigenvalue weighted by Gasteiger charge is 1.90. The molecule has 0 amide bonds. The van der Waals surface area contributed by atoms with Crippen LogP contribution in [0, 0.1) is 0 Å². The van der Waals surface area contributed by atoms with E-state index in [1.54, 1.807) is 6.08 Å². The highest BCUT2D eigenvalue weighted by Crippen LogP contribution is 2.11. The van der Waals surface area contributed by atoms with Crippen LogP contribution in [0.1, 0.15) is 0 Å². The lowest BCUT2D eigenvalue weighted by atomic mass is 10.6. The maximum Gasteiger partial charge on any atom is 0.200 e. The van der Waals surface area contributed by atoms with E-state index in [1.165, 1.54) is 0 Å². The Labute approximate surface area is 80.1 Å². The fourth-order valence-electron chi connectivity index (χ4n) is 0.347. The Hall–Kier alpha value is 0.320. The summed E-state index contributed by atoms with van der Waals surface area (Å²) < 4.78 is 1.66. The van der Waals surface area contributed by atoms with E-state index in [0.717, 1.165) is 7.55 Å². The Morgan fingerprint density at radius 1 is 1.44 bits per heavy atom. The first-order valence-electron chi connectivity index (χ1n) is 2.18. The highest BCUT2D eigenvalue weighted by atomic mass is 127. The molecule has 0 atom stereocenters. The van der Waals surface area contributed by atoms with Gasteiger partial charge in [0.15, 0.2) is 3.84 Å². The van der Waals surface area contributed by atoms with Crippen molar-refractivity contribution in [2.75, 3.05) is 0 Å². The van der Waals surface area contributed by atoms with Gasteiger partial charge in [0.05, 0.1) is 0 Å². The zero-order chi connectivity index (χ0) is 6.69. The average molecular weight is 344 g/mol. The van der Waals surface area contributed by atoms with Crippen molar-refractivity contribution < 1.29 is 0 Å². The highest BCUT2D eigenvalue weighted by molar-refractivity contribution is 14.1. The molecule has 0 aromatic carbocycles. The molecule has 0 radical (unpaired) electrons. The fourth-order valence-corrected chi connectivity index (χ4v) is 1.62. The third-order valence-corrected chi connectivity index (χ3v) is 1.73. The summed E-state index contributed by atoms with van der Waals surface area (Å²) in [6.45, 7) is 0. The topological polar surface area (TPSA) is 24.7 Å². The molecule has 4 heteroatoms. The molecule has 0 unspecified atom stereocenters. The Morgan fingerprint density at radius 2 is 2.22 bits per heavy atom. The number of nitrogens with zero attached hydrogens (tertiary/aromatic N) is 2. The smallest absolute Gasteiger partial charge is 0.200 e. The molecule has 1 aliphatic rings. The summed E-state index contributed by atoms with van der Waals surface area (Å²) in [5.74, 6) is 2.71. The van der Waals surface area contributed by atoms with Gasteiger partial charge >= 0.3 is 0 Å². The van der Waals surface area contributed by atoms with Crippen LogP contribution in [0.2, 0.25) is 0 Å². The molecule has 0 fully saturated rings. The van der Waals surface area contributed by atoms with Crippen LogP contribution in [0.5, 0.6) is 0 Å². The van der Waals surface area contributed by atoms with Crippen molar-refractivity contribution in [3.8, 4) is 0 Å². The van der Waals surface area contributed by atoms with Gasteiger partial charge in [-0.05, 0) is 34.5 Å². The number of amidine groups is 1. The van der Waals surface area contributed by atoms with Gasteiger partial charge in [0.1, 0.15) is 3.70 Å². The SMILES string of the molecule is IC1=CC=C=NC(I)=N1. The van der Waals surface area contributed by atoms with E-state index in [4.69, 9.17) is 0 Å². The molecule has 1 heterocycles. The minimum Gasteiger partial charge on any atom is -0.216 e. The van der Waals surface area contributed by atoms with Crippen molar-refractivity contribution in [2.45, 2.75) is 0 Å². The average Bonchev–Trinajstić information content (AvgIpc) is 1.93. The molecule has 0 spiro atoms. The monoisotopic (exact) mass is 344 g/mol. The molecule has 0 saturated carbocycles. The second-order valence-corrected chi connectivity index (χ2v) is 3.35. The molecular formula is C5H2I2N2. The van der Waals surface area contributed by atoms with E-state index in [0.29, 0.717) is 0 Å². The van der Waals surface area contributed by atoms with Gasteiger partial charge < -0.3 is 0 Å². The number of halogens is 2. The van der Waals surface area contributed by atoms with Crippen LogP contribution in [0.3, 0.4) is 0 Å². The summed E-state index contributed by atoms with van der Waals surface area (Å²) in [5, 5.41) is 0. The van der Waals surface area contributed by atoms with Crippen molar-refractivity contribution in [1.82, 2.24) is 0 Å². The lowest BCUT2D eigenvalue weighted by Gasteiger charge is -1.83. The molecule has 0 saturated heterocycles. The van der Waals surface area contributed by atoms with E-state index < -0.39 is 0 Å². The Bertz CT molecular complexity index is 233. The summed E-state index contributed by atoms with van der Waals surface area (Å²) in [4.78, 5) is 7.92. The van der Waals surface area contributed by atoms with E-state index >= 15 is 0 Å². The number of rotatable bonds is 0. The Balaban J connectivity index is 3.00. The summed E-state index contributed by atoms with van der Waals surface area (Å²) >= 11 is 4.19. The lowest BCUT2D eigenvalue weighted by molar-refractivity contribution is 1.55. The second kappa shape index (κ2) is 3.48. The number of aliphatic imine (C=N–C) groups is 2. The predicted octanol–water partition coefficient (Wildman–Crippen LogP) is 2.29. The molecule has 1 aliphatic heterocycles. The molecule has 0 aromatic rings. The molecule has 1 rings (SSSR count). The molecule has 9 heavy (non-hydrogen) atoms. The third kappa shape index (κ3) is 2.59. The zero-order valence-electron chi connectivity index (χ0n) is 4.31. The molecular weight excluding hydrogens is 342 g/mol. The lowest BCUT2D eigenvalue weighted by Crippen LogP contribution is -1.74. The minimum atomic E-state index is 0.724. The minimum absolute atomic E-state index is 0.724. The normalized spacial score (nSPS) is 16.7. The fraction of sp³-hybridized carbons (Fsp3) is 0. The summed E-state index contributed by atoms with van der Waals surface area (Å²) in [7, 11) is 0. The number of hydrogen-bond acceptors (Lipinski definition) is 2. The Kier molecular flexibility index (Phi) is 2.87.